The highest BCUT2D eigenvalue weighted by Crippen LogP contribution is 2.26. The number of rotatable bonds is 52. The summed E-state index contributed by atoms with van der Waals surface area (Å²) in [5.41, 5.74) is 0. The van der Waals surface area contributed by atoms with Gasteiger partial charge in [0.1, 0.15) is 24.4 Å². The van der Waals surface area contributed by atoms with Gasteiger partial charge in [-0.15, -0.1) is 0 Å². The molecular formula is C68H115NO10. The van der Waals surface area contributed by atoms with Crippen molar-refractivity contribution in [3.8, 4) is 0 Å². The first-order valence-corrected chi connectivity index (χ1v) is 31.7. The minimum absolute atomic E-state index is 0.0227. The molecular weight excluding hydrogens is 991 g/mol. The minimum Gasteiger partial charge on any atom is -0.454 e. The van der Waals surface area contributed by atoms with Gasteiger partial charge in [-0.3, -0.25) is 9.59 Å². The molecule has 6 N–H and O–H groups in total. The number of amides is 1. The molecule has 452 valence electrons. The number of nitrogens with one attached hydrogen (secondary N) is 1. The number of unbranched alkanes of at least 4 members (excludes halogenated alkanes) is 26. The Hall–Kier alpha value is -3.68. The summed E-state index contributed by atoms with van der Waals surface area (Å²) in [6.45, 7) is 5.56. The summed E-state index contributed by atoms with van der Waals surface area (Å²) < 4.78 is 17.5. The van der Waals surface area contributed by atoms with Gasteiger partial charge in [-0.1, -0.05) is 271 Å². The Bertz CT molecular complexity index is 1700. The van der Waals surface area contributed by atoms with Gasteiger partial charge in [-0.05, 0) is 77.0 Å². The summed E-state index contributed by atoms with van der Waals surface area (Å²) >= 11 is 0. The average Bonchev–Trinajstić information content (AvgIpc) is 3.47. The fourth-order valence-corrected chi connectivity index (χ4v) is 9.28. The maximum atomic E-state index is 13.4. The van der Waals surface area contributed by atoms with Crippen LogP contribution in [0.3, 0.4) is 0 Å². The van der Waals surface area contributed by atoms with Crippen molar-refractivity contribution < 1.29 is 49.3 Å². The molecule has 1 aliphatic rings. The van der Waals surface area contributed by atoms with Crippen LogP contribution in [0.1, 0.15) is 245 Å². The zero-order valence-electron chi connectivity index (χ0n) is 50.0. The molecule has 1 fully saturated rings. The van der Waals surface area contributed by atoms with Gasteiger partial charge in [0.05, 0.1) is 25.4 Å². The molecule has 0 radical (unpaired) electrons. The van der Waals surface area contributed by atoms with E-state index in [1.807, 2.05) is 60.8 Å². The predicted molar refractivity (Wildman–Crippen MR) is 328 cm³/mol. The van der Waals surface area contributed by atoms with Crippen LogP contribution in [0.5, 0.6) is 0 Å². The van der Waals surface area contributed by atoms with E-state index < -0.39 is 67.4 Å². The van der Waals surface area contributed by atoms with Gasteiger partial charge in [-0.25, -0.2) is 0 Å². The zero-order valence-corrected chi connectivity index (χ0v) is 50.0. The monoisotopic (exact) mass is 1110 g/mol. The number of aliphatic hydroxyl groups is 5. The number of hydrogen-bond acceptors (Lipinski definition) is 10. The van der Waals surface area contributed by atoms with Crippen molar-refractivity contribution in [3.05, 3.63) is 109 Å². The van der Waals surface area contributed by atoms with Crippen molar-refractivity contribution in [1.29, 1.82) is 0 Å². The summed E-state index contributed by atoms with van der Waals surface area (Å²) in [5, 5.41) is 56.9. The molecule has 0 bridgehead atoms. The van der Waals surface area contributed by atoms with E-state index in [1.54, 1.807) is 6.08 Å². The average molecular weight is 1110 g/mol. The highest BCUT2D eigenvalue weighted by atomic mass is 16.7. The number of hydrogen-bond donors (Lipinski definition) is 6. The molecule has 1 rings (SSSR count). The lowest BCUT2D eigenvalue weighted by molar-refractivity contribution is -0.305. The second-order valence-electron chi connectivity index (χ2n) is 21.5. The van der Waals surface area contributed by atoms with E-state index in [9.17, 15) is 35.1 Å². The lowest BCUT2D eigenvalue weighted by Gasteiger charge is -2.41. The highest BCUT2D eigenvalue weighted by molar-refractivity contribution is 5.80. The van der Waals surface area contributed by atoms with Gasteiger partial charge in [0.15, 0.2) is 12.4 Å². The Kier molecular flexibility index (Phi) is 50.9. The first-order valence-electron chi connectivity index (χ1n) is 31.7. The normalized spacial score (nSPS) is 19.6. The number of carbonyl (C=O) groups excluding carboxylic acids is 2. The lowest BCUT2D eigenvalue weighted by Crippen LogP contribution is -2.61. The molecule has 1 saturated heterocycles. The largest absolute Gasteiger partial charge is 0.454 e. The van der Waals surface area contributed by atoms with Crippen LogP contribution in [-0.4, -0.2) is 99.6 Å². The third-order valence-electron chi connectivity index (χ3n) is 14.3. The molecule has 8 unspecified atom stereocenters. The van der Waals surface area contributed by atoms with Crippen LogP contribution >= 0.6 is 0 Å². The number of esters is 1. The van der Waals surface area contributed by atoms with Gasteiger partial charge in [-0.2, -0.15) is 0 Å². The SMILES string of the molecule is CC/C=C/C=C/C=C\C=C/C=C/CCCC(=O)OC1C(OCC(NC(=O)C(O)CCCCCCCCCCCCCCC/C=C\C/C=C\C/C=C\CCCCC)C(O)/C=C/CCCCCCCCCCC)OC(CO)C(O)C1O. The van der Waals surface area contributed by atoms with Gasteiger partial charge < -0.3 is 45.1 Å². The number of allylic oxidation sites excluding steroid dienone is 17. The van der Waals surface area contributed by atoms with Gasteiger partial charge in [0.25, 0.3) is 0 Å². The second-order valence-corrected chi connectivity index (χ2v) is 21.5. The number of carbonyl (C=O) groups is 2. The third-order valence-corrected chi connectivity index (χ3v) is 14.3. The molecule has 11 nitrogen and oxygen atoms in total. The summed E-state index contributed by atoms with van der Waals surface area (Å²) in [4.78, 5) is 26.5. The van der Waals surface area contributed by atoms with Crippen LogP contribution in [0.25, 0.3) is 0 Å². The minimum atomic E-state index is -1.65. The van der Waals surface area contributed by atoms with Crippen molar-refractivity contribution in [2.75, 3.05) is 13.2 Å². The second kappa shape index (κ2) is 54.9. The quantitative estimate of drug-likeness (QED) is 0.0149. The molecule has 0 aromatic heterocycles. The standard InChI is InChI=1S/C68H115NO10/c1-4-7-10-13-16-19-22-24-25-26-27-28-29-30-31-32-33-34-35-36-38-40-43-46-49-52-55-61(72)67(76)69-59(60(71)54-51-48-45-42-39-21-18-15-12-9-6-3)58-77-68-66(65(75)64(74)62(57-70)78-68)79-63(73)56-53-50-47-44-41-37-23-20-17-14-11-8-5-2/h8,11,14,16-17,19-20,23-25,27-28,37,41,44,47,51,54,59-62,64-66,68,70-72,74-75H,4-7,9-10,12-13,15,18,21-22,26,29-36,38-40,42-43,45-46,48-50,52-53,55-58H2,1-3H3,(H,69,76)/b11-8+,17-14+,19-16-,23-20-,25-24-,28-27-,41-37-,47-44+,54-51+. The molecule has 0 saturated carbocycles. The van der Waals surface area contributed by atoms with Gasteiger partial charge in [0, 0.05) is 6.42 Å². The van der Waals surface area contributed by atoms with Crippen molar-refractivity contribution in [2.45, 2.75) is 294 Å². The molecule has 8 atom stereocenters. The van der Waals surface area contributed by atoms with Crippen LogP contribution in [0, 0.1) is 0 Å². The third kappa shape index (κ3) is 42.8. The Morgan fingerprint density at radius 1 is 0.519 bits per heavy atom. The van der Waals surface area contributed by atoms with Crippen LogP contribution in [0.15, 0.2) is 109 Å². The van der Waals surface area contributed by atoms with Crippen molar-refractivity contribution in [2.24, 2.45) is 0 Å². The van der Waals surface area contributed by atoms with Crippen LogP contribution in [0.4, 0.5) is 0 Å². The smallest absolute Gasteiger partial charge is 0.306 e. The van der Waals surface area contributed by atoms with E-state index in [4.69, 9.17) is 14.2 Å². The van der Waals surface area contributed by atoms with Crippen LogP contribution < -0.4 is 5.32 Å². The molecule has 1 aliphatic heterocycles. The molecule has 1 amide bonds. The van der Waals surface area contributed by atoms with E-state index in [0.29, 0.717) is 19.3 Å². The highest BCUT2D eigenvalue weighted by Gasteiger charge is 2.47. The predicted octanol–water partition coefficient (Wildman–Crippen LogP) is 15.3. The van der Waals surface area contributed by atoms with E-state index in [1.165, 1.54) is 128 Å². The molecule has 0 spiro atoms. The zero-order chi connectivity index (χ0) is 57.5. The number of ether oxygens (including phenoxy) is 3. The Labute approximate surface area is 481 Å². The first kappa shape index (κ1) is 73.3. The summed E-state index contributed by atoms with van der Waals surface area (Å²) in [7, 11) is 0. The number of aliphatic hydroxyl groups excluding tert-OH is 5. The fraction of sp³-hybridized carbons (Fsp3) is 0.706. The van der Waals surface area contributed by atoms with Gasteiger partial charge in [0.2, 0.25) is 5.91 Å². The van der Waals surface area contributed by atoms with E-state index in [2.05, 4.69) is 68.6 Å². The van der Waals surface area contributed by atoms with Crippen LogP contribution in [-0.2, 0) is 23.8 Å². The maximum Gasteiger partial charge on any atom is 0.306 e. The van der Waals surface area contributed by atoms with Crippen molar-refractivity contribution in [3.63, 3.8) is 0 Å². The van der Waals surface area contributed by atoms with E-state index in [0.717, 1.165) is 64.2 Å². The molecule has 79 heavy (non-hydrogen) atoms. The van der Waals surface area contributed by atoms with Crippen LogP contribution in [0.2, 0.25) is 0 Å². The Morgan fingerprint density at radius 3 is 1.49 bits per heavy atom. The molecule has 11 heteroatoms. The molecule has 0 aliphatic carbocycles. The summed E-state index contributed by atoms with van der Waals surface area (Å²) in [6, 6.07) is -1.04. The van der Waals surface area contributed by atoms with Gasteiger partial charge >= 0.3 is 5.97 Å². The Morgan fingerprint density at radius 2 is 0.962 bits per heavy atom. The topological polar surface area (TPSA) is 175 Å². The summed E-state index contributed by atoms with van der Waals surface area (Å²) in [5.74, 6) is -1.28. The Balaban J connectivity index is 2.61. The molecule has 1 heterocycles. The molecule has 0 aromatic carbocycles. The first-order chi connectivity index (χ1) is 38.7. The molecule has 0 aromatic rings. The maximum absolute atomic E-state index is 13.4. The summed E-state index contributed by atoms with van der Waals surface area (Å²) in [6.07, 6.45) is 64.4. The van der Waals surface area contributed by atoms with Crippen molar-refractivity contribution >= 4 is 11.9 Å². The van der Waals surface area contributed by atoms with E-state index in [-0.39, 0.29) is 19.4 Å². The van der Waals surface area contributed by atoms with Crippen molar-refractivity contribution in [1.82, 2.24) is 5.32 Å². The van der Waals surface area contributed by atoms with E-state index >= 15 is 0 Å². The lowest BCUT2D eigenvalue weighted by atomic mass is 9.99. The fourth-order valence-electron chi connectivity index (χ4n) is 9.28.